The van der Waals surface area contributed by atoms with Gasteiger partial charge in [0.1, 0.15) is 11.7 Å². The van der Waals surface area contributed by atoms with Crippen molar-refractivity contribution in [1.82, 2.24) is 9.97 Å². The molecule has 0 aliphatic rings. The van der Waals surface area contributed by atoms with E-state index in [0.717, 1.165) is 24.4 Å². The topological polar surface area (TPSA) is 52.5 Å². The SMILES string of the molecule is CCC(C#N)c1ncc(CC(C)C)[nH]1. The van der Waals surface area contributed by atoms with Crippen LogP contribution in [0.5, 0.6) is 0 Å². The van der Waals surface area contributed by atoms with E-state index in [1.54, 1.807) is 0 Å². The highest BCUT2D eigenvalue weighted by molar-refractivity contribution is 5.12. The molecule has 0 saturated heterocycles. The Morgan fingerprint density at radius 3 is 2.79 bits per heavy atom. The molecule has 0 bridgehead atoms. The van der Waals surface area contributed by atoms with Gasteiger partial charge in [0.2, 0.25) is 0 Å². The molecule has 0 aliphatic carbocycles. The van der Waals surface area contributed by atoms with Crippen molar-refractivity contribution in [2.45, 2.75) is 39.5 Å². The summed E-state index contributed by atoms with van der Waals surface area (Å²) >= 11 is 0. The highest BCUT2D eigenvalue weighted by atomic mass is 14.9. The van der Waals surface area contributed by atoms with Crippen molar-refractivity contribution < 1.29 is 0 Å². The third kappa shape index (κ3) is 2.59. The molecule has 0 aromatic carbocycles. The maximum absolute atomic E-state index is 8.86. The van der Waals surface area contributed by atoms with Crippen molar-refractivity contribution >= 4 is 0 Å². The maximum atomic E-state index is 8.86. The predicted molar refractivity (Wildman–Crippen MR) is 55.8 cm³/mol. The van der Waals surface area contributed by atoms with Crippen LogP contribution in [0.25, 0.3) is 0 Å². The van der Waals surface area contributed by atoms with Gasteiger partial charge in [0.05, 0.1) is 6.07 Å². The van der Waals surface area contributed by atoms with Crippen LogP contribution in [0.15, 0.2) is 6.20 Å². The number of nitriles is 1. The molecule has 0 radical (unpaired) electrons. The molecule has 1 rings (SSSR count). The Morgan fingerprint density at radius 1 is 1.57 bits per heavy atom. The lowest BCUT2D eigenvalue weighted by Crippen LogP contribution is -1.98. The number of H-pyrrole nitrogens is 1. The summed E-state index contributed by atoms with van der Waals surface area (Å²) in [5, 5.41) is 8.86. The lowest BCUT2D eigenvalue weighted by molar-refractivity contribution is 0.635. The first-order valence-electron chi connectivity index (χ1n) is 5.10. The molecule has 1 aromatic rings. The van der Waals surface area contributed by atoms with Crippen molar-refractivity contribution in [3.05, 3.63) is 17.7 Å². The van der Waals surface area contributed by atoms with E-state index in [0.29, 0.717) is 5.92 Å². The second kappa shape index (κ2) is 4.80. The first-order valence-corrected chi connectivity index (χ1v) is 5.10. The maximum Gasteiger partial charge on any atom is 0.123 e. The molecule has 0 amide bonds. The summed E-state index contributed by atoms with van der Waals surface area (Å²) in [5.41, 5.74) is 1.13. The molecule has 1 aromatic heterocycles. The van der Waals surface area contributed by atoms with Gasteiger partial charge < -0.3 is 4.98 Å². The molecular formula is C11H17N3. The zero-order valence-electron chi connectivity index (χ0n) is 9.04. The van der Waals surface area contributed by atoms with Gasteiger partial charge in [-0.05, 0) is 18.8 Å². The lowest BCUT2D eigenvalue weighted by atomic mass is 10.1. The smallest absolute Gasteiger partial charge is 0.123 e. The predicted octanol–water partition coefficient (Wildman–Crippen LogP) is 2.63. The average molecular weight is 191 g/mol. The fourth-order valence-electron chi connectivity index (χ4n) is 1.44. The number of nitrogens with zero attached hydrogens (tertiary/aromatic N) is 2. The lowest BCUT2D eigenvalue weighted by Gasteiger charge is -2.02. The number of imidazole rings is 1. The molecule has 1 unspecified atom stereocenters. The summed E-state index contributed by atoms with van der Waals surface area (Å²) in [7, 11) is 0. The summed E-state index contributed by atoms with van der Waals surface area (Å²) in [6.07, 6.45) is 3.65. The molecule has 14 heavy (non-hydrogen) atoms. The van der Waals surface area contributed by atoms with Crippen LogP contribution >= 0.6 is 0 Å². The van der Waals surface area contributed by atoms with Gasteiger partial charge in [0.25, 0.3) is 0 Å². The summed E-state index contributed by atoms with van der Waals surface area (Å²) in [5.74, 6) is 1.34. The van der Waals surface area contributed by atoms with Crippen molar-refractivity contribution in [2.24, 2.45) is 5.92 Å². The molecule has 1 N–H and O–H groups in total. The molecule has 0 aliphatic heterocycles. The van der Waals surface area contributed by atoms with Gasteiger partial charge in [-0.2, -0.15) is 5.26 Å². The van der Waals surface area contributed by atoms with E-state index in [2.05, 4.69) is 29.9 Å². The van der Waals surface area contributed by atoms with Gasteiger partial charge in [-0.25, -0.2) is 4.98 Å². The Morgan fingerprint density at radius 2 is 2.29 bits per heavy atom. The van der Waals surface area contributed by atoms with Crippen LogP contribution in [-0.4, -0.2) is 9.97 Å². The van der Waals surface area contributed by atoms with Crippen molar-refractivity contribution in [3.63, 3.8) is 0 Å². The minimum absolute atomic E-state index is 0.0871. The van der Waals surface area contributed by atoms with Gasteiger partial charge in [0.15, 0.2) is 0 Å². The Kier molecular flexibility index (Phi) is 3.70. The second-order valence-electron chi connectivity index (χ2n) is 3.98. The van der Waals surface area contributed by atoms with Gasteiger partial charge in [0, 0.05) is 11.9 Å². The second-order valence-corrected chi connectivity index (χ2v) is 3.98. The third-order valence-corrected chi connectivity index (χ3v) is 2.17. The summed E-state index contributed by atoms with van der Waals surface area (Å²) in [4.78, 5) is 7.45. The number of rotatable bonds is 4. The number of nitrogens with one attached hydrogen (secondary N) is 1. The normalized spacial score (nSPS) is 12.8. The molecule has 3 heteroatoms. The molecule has 0 saturated carbocycles. The minimum atomic E-state index is -0.0871. The van der Waals surface area contributed by atoms with E-state index in [1.165, 1.54) is 0 Å². The van der Waals surface area contributed by atoms with Crippen molar-refractivity contribution in [2.75, 3.05) is 0 Å². The zero-order chi connectivity index (χ0) is 10.6. The molecule has 0 spiro atoms. The molecule has 0 fully saturated rings. The van der Waals surface area contributed by atoms with E-state index in [1.807, 2.05) is 13.1 Å². The summed E-state index contributed by atoms with van der Waals surface area (Å²) < 4.78 is 0. The molecule has 1 atom stereocenters. The Bertz CT molecular complexity index is 320. The standard InChI is InChI=1S/C11H17N3/c1-4-9(6-12)11-13-7-10(14-11)5-8(2)3/h7-9H,4-5H2,1-3H3,(H,13,14). The van der Waals surface area contributed by atoms with E-state index >= 15 is 0 Å². The number of aromatic nitrogens is 2. The van der Waals surface area contributed by atoms with Gasteiger partial charge in [-0.3, -0.25) is 0 Å². The first-order chi connectivity index (χ1) is 6.67. The minimum Gasteiger partial charge on any atom is -0.345 e. The largest absolute Gasteiger partial charge is 0.345 e. The molecule has 1 heterocycles. The van der Waals surface area contributed by atoms with Crippen LogP contribution < -0.4 is 0 Å². The quantitative estimate of drug-likeness (QED) is 0.795. The molecule has 3 nitrogen and oxygen atoms in total. The molecular weight excluding hydrogens is 174 g/mol. The van der Waals surface area contributed by atoms with Crippen LogP contribution in [0.1, 0.15) is 44.6 Å². The number of aromatic amines is 1. The Hall–Kier alpha value is -1.30. The summed E-state index contributed by atoms with van der Waals surface area (Å²) in [6, 6.07) is 2.24. The van der Waals surface area contributed by atoms with Gasteiger partial charge in [-0.1, -0.05) is 20.8 Å². The van der Waals surface area contributed by atoms with E-state index < -0.39 is 0 Å². The van der Waals surface area contributed by atoms with Crippen LogP contribution in [0.2, 0.25) is 0 Å². The highest BCUT2D eigenvalue weighted by Crippen LogP contribution is 2.15. The monoisotopic (exact) mass is 191 g/mol. The van der Waals surface area contributed by atoms with E-state index in [4.69, 9.17) is 5.26 Å². The van der Waals surface area contributed by atoms with Crippen molar-refractivity contribution in [3.8, 4) is 6.07 Å². The Labute approximate surface area is 85.2 Å². The van der Waals surface area contributed by atoms with Crippen LogP contribution in [-0.2, 0) is 6.42 Å². The van der Waals surface area contributed by atoms with E-state index in [-0.39, 0.29) is 5.92 Å². The fraction of sp³-hybridized carbons (Fsp3) is 0.636. The third-order valence-electron chi connectivity index (χ3n) is 2.17. The zero-order valence-corrected chi connectivity index (χ0v) is 9.04. The molecule has 76 valence electrons. The van der Waals surface area contributed by atoms with Crippen molar-refractivity contribution in [1.29, 1.82) is 5.26 Å². The summed E-state index contributed by atoms with van der Waals surface area (Å²) in [6.45, 7) is 6.34. The first kappa shape index (κ1) is 10.8. The Balaban J connectivity index is 2.73. The van der Waals surface area contributed by atoms with Gasteiger partial charge >= 0.3 is 0 Å². The number of hydrogen-bond donors (Lipinski definition) is 1. The van der Waals surface area contributed by atoms with Crippen LogP contribution in [0.3, 0.4) is 0 Å². The van der Waals surface area contributed by atoms with Crippen LogP contribution in [0, 0.1) is 17.2 Å². The fourth-order valence-corrected chi connectivity index (χ4v) is 1.44. The van der Waals surface area contributed by atoms with Gasteiger partial charge in [-0.15, -0.1) is 0 Å². The highest BCUT2D eigenvalue weighted by Gasteiger charge is 2.12. The van der Waals surface area contributed by atoms with Crippen LogP contribution in [0.4, 0.5) is 0 Å². The van der Waals surface area contributed by atoms with E-state index in [9.17, 15) is 0 Å². The average Bonchev–Trinajstić information content (AvgIpc) is 2.54. The number of hydrogen-bond acceptors (Lipinski definition) is 2.